The van der Waals surface area contributed by atoms with Gasteiger partial charge in [-0.15, -0.1) is 0 Å². The first-order chi connectivity index (χ1) is 9.43. The van der Waals surface area contributed by atoms with Gasteiger partial charge in [-0.3, -0.25) is 9.59 Å². The van der Waals surface area contributed by atoms with Gasteiger partial charge in [0.05, 0.1) is 6.61 Å². The molecule has 0 N–H and O–H groups in total. The molecule has 1 unspecified atom stereocenters. The lowest BCUT2D eigenvalue weighted by molar-refractivity contribution is -0.150. The lowest BCUT2D eigenvalue weighted by atomic mass is 10.2. The number of likely N-dealkylation sites (N-methyl/N-ethyl adjacent to an activating group) is 1. The van der Waals surface area contributed by atoms with Gasteiger partial charge in [-0.05, 0) is 32.9 Å². The van der Waals surface area contributed by atoms with Crippen molar-refractivity contribution in [3.8, 4) is 5.75 Å². The van der Waals surface area contributed by atoms with Crippen LogP contribution in [-0.4, -0.2) is 43.1 Å². The Bertz CT molecular complexity index is 455. The molecule has 1 amide bonds. The summed E-state index contributed by atoms with van der Waals surface area (Å²) in [4.78, 5) is 24.7. The van der Waals surface area contributed by atoms with Gasteiger partial charge in [0, 0.05) is 7.05 Å². The molecule has 0 spiro atoms. The molecule has 0 saturated carbocycles. The third-order valence-electron chi connectivity index (χ3n) is 2.73. The summed E-state index contributed by atoms with van der Waals surface area (Å²) in [6.07, 6.45) is -0.655. The fraction of sp³-hybridized carbons (Fsp3) is 0.467. The van der Waals surface area contributed by atoms with E-state index >= 15 is 0 Å². The zero-order valence-electron chi connectivity index (χ0n) is 12.4. The standard InChI is InChI=1S/C15H21NO4/c1-5-19-14(17)10-16(4)15(18)12(3)20-13-8-6-11(2)7-9-13/h6-9,12H,5,10H2,1-4H3. The van der Waals surface area contributed by atoms with Crippen LogP contribution in [0.25, 0.3) is 0 Å². The predicted octanol–water partition coefficient (Wildman–Crippen LogP) is 1.78. The summed E-state index contributed by atoms with van der Waals surface area (Å²) in [5, 5.41) is 0. The number of hydrogen-bond acceptors (Lipinski definition) is 4. The Labute approximate surface area is 119 Å². The normalized spacial score (nSPS) is 11.6. The molecule has 0 bridgehead atoms. The van der Waals surface area contributed by atoms with Crippen LogP contribution < -0.4 is 4.74 Å². The molecule has 5 heteroatoms. The first kappa shape index (κ1) is 16.0. The van der Waals surface area contributed by atoms with Crippen LogP contribution in [0.3, 0.4) is 0 Å². The highest BCUT2D eigenvalue weighted by molar-refractivity contribution is 5.84. The Balaban J connectivity index is 2.53. The number of carbonyl (C=O) groups is 2. The van der Waals surface area contributed by atoms with E-state index in [-0.39, 0.29) is 12.5 Å². The summed E-state index contributed by atoms with van der Waals surface area (Å²) < 4.78 is 10.4. The van der Waals surface area contributed by atoms with Crippen LogP contribution in [0.15, 0.2) is 24.3 Å². The highest BCUT2D eigenvalue weighted by Crippen LogP contribution is 2.14. The average molecular weight is 279 g/mol. The number of amides is 1. The van der Waals surface area contributed by atoms with Crippen molar-refractivity contribution >= 4 is 11.9 Å². The van der Waals surface area contributed by atoms with E-state index in [1.165, 1.54) is 4.90 Å². The predicted molar refractivity (Wildman–Crippen MR) is 75.5 cm³/mol. The first-order valence-electron chi connectivity index (χ1n) is 6.58. The SMILES string of the molecule is CCOC(=O)CN(C)C(=O)C(C)Oc1ccc(C)cc1. The van der Waals surface area contributed by atoms with E-state index < -0.39 is 12.1 Å². The van der Waals surface area contributed by atoms with Crippen LogP contribution >= 0.6 is 0 Å². The van der Waals surface area contributed by atoms with E-state index in [2.05, 4.69) is 0 Å². The summed E-state index contributed by atoms with van der Waals surface area (Å²) >= 11 is 0. The van der Waals surface area contributed by atoms with Crippen LogP contribution in [0.5, 0.6) is 5.75 Å². The maximum absolute atomic E-state index is 12.0. The van der Waals surface area contributed by atoms with Gasteiger partial charge in [0.1, 0.15) is 12.3 Å². The number of esters is 1. The minimum atomic E-state index is -0.655. The van der Waals surface area contributed by atoms with Gasteiger partial charge in [0.25, 0.3) is 5.91 Å². The zero-order chi connectivity index (χ0) is 15.1. The molecule has 0 heterocycles. The fourth-order valence-electron chi connectivity index (χ4n) is 1.66. The Morgan fingerprint density at radius 1 is 1.25 bits per heavy atom. The minimum Gasteiger partial charge on any atom is -0.481 e. The van der Waals surface area contributed by atoms with E-state index in [9.17, 15) is 9.59 Å². The maximum atomic E-state index is 12.0. The summed E-state index contributed by atoms with van der Waals surface area (Å²) in [5.41, 5.74) is 1.12. The van der Waals surface area contributed by atoms with Crippen molar-refractivity contribution < 1.29 is 19.1 Å². The number of rotatable bonds is 6. The number of aryl methyl sites for hydroxylation is 1. The molecule has 1 aromatic rings. The van der Waals surface area contributed by atoms with Crippen molar-refractivity contribution in [1.29, 1.82) is 0 Å². The molecular weight excluding hydrogens is 258 g/mol. The number of carbonyl (C=O) groups excluding carboxylic acids is 2. The second-order valence-corrected chi connectivity index (χ2v) is 4.57. The van der Waals surface area contributed by atoms with Gasteiger partial charge in [-0.1, -0.05) is 17.7 Å². The summed E-state index contributed by atoms with van der Waals surface area (Å²) in [6, 6.07) is 7.44. The molecule has 1 rings (SSSR count). The maximum Gasteiger partial charge on any atom is 0.325 e. The van der Waals surface area contributed by atoms with Crippen LogP contribution in [0.4, 0.5) is 0 Å². The number of hydrogen-bond donors (Lipinski definition) is 0. The smallest absolute Gasteiger partial charge is 0.325 e. The zero-order valence-corrected chi connectivity index (χ0v) is 12.4. The topological polar surface area (TPSA) is 55.8 Å². The first-order valence-corrected chi connectivity index (χ1v) is 6.58. The number of benzene rings is 1. The lowest BCUT2D eigenvalue weighted by Crippen LogP contribution is -2.41. The molecule has 0 aliphatic heterocycles. The molecule has 1 aromatic carbocycles. The van der Waals surface area contributed by atoms with Gasteiger partial charge in [-0.2, -0.15) is 0 Å². The third kappa shape index (κ3) is 4.91. The molecule has 110 valence electrons. The van der Waals surface area contributed by atoms with Crippen LogP contribution in [0, 0.1) is 6.92 Å². The quantitative estimate of drug-likeness (QED) is 0.745. The minimum absolute atomic E-state index is 0.0751. The molecule has 0 saturated heterocycles. The Morgan fingerprint density at radius 2 is 1.85 bits per heavy atom. The molecule has 0 aliphatic carbocycles. The van der Waals surface area contributed by atoms with Gasteiger partial charge in [0.2, 0.25) is 0 Å². The highest BCUT2D eigenvalue weighted by atomic mass is 16.5. The van der Waals surface area contributed by atoms with Gasteiger partial charge in [0.15, 0.2) is 6.10 Å². The third-order valence-corrected chi connectivity index (χ3v) is 2.73. The summed E-state index contributed by atoms with van der Waals surface area (Å²) in [6.45, 7) is 5.59. The Morgan fingerprint density at radius 3 is 2.40 bits per heavy atom. The van der Waals surface area contributed by atoms with E-state index in [1.54, 1.807) is 20.9 Å². The molecule has 5 nitrogen and oxygen atoms in total. The molecule has 20 heavy (non-hydrogen) atoms. The largest absolute Gasteiger partial charge is 0.481 e. The highest BCUT2D eigenvalue weighted by Gasteiger charge is 2.21. The van der Waals surface area contributed by atoms with Crippen molar-refractivity contribution in [2.75, 3.05) is 20.2 Å². The van der Waals surface area contributed by atoms with Gasteiger partial charge in [-0.25, -0.2) is 0 Å². The lowest BCUT2D eigenvalue weighted by Gasteiger charge is -2.21. The van der Waals surface area contributed by atoms with Crippen LogP contribution in [0.1, 0.15) is 19.4 Å². The van der Waals surface area contributed by atoms with E-state index in [0.717, 1.165) is 5.56 Å². The number of ether oxygens (including phenoxy) is 2. The van der Waals surface area contributed by atoms with Crippen molar-refractivity contribution in [3.63, 3.8) is 0 Å². The average Bonchev–Trinajstić information content (AvgIpc) is 2.40. The molecule has 0 radical (unpaired) electrons. The van der Waals surface area contributed by atoms with Gasteiger partial charge < -0.3 is 14.4 Å². The second-order valence-electron chi connectivity index (χ2n) is 4.57. The van der Waals surface area contributed by atoms with Crippen molar-refractivity contribution in [3.05, 3.63) is 29.8 Å². The van der Waals surface area contributed by atoms with Crippen molar-refractivity contribution in [2.45, 2.75) is 26.9 Å². The van der Waals surface area contributed by atoms with Crippen molar-refractivity contribution in [1.82, 2.24) is 4.90 Å². The van der Waals surface area contributed by atoms with Crippen molar-refractivity contribution in [2.24, 2.45) is 0 Å². The number of nitrogens with zero attached hydrogens (tertiary/aromatic N) is 1. The monoisotopic (exact) mass is 279 g/mol. The molecule has 0 aliphatic rings. The molecule has 0 fully saturated rings. The van der Waals surface area contributed by atoms with E-state index in [1.807, 2.05) is 31.2 Å². The van der Waals surface area contributed by atoms with E-state index in [0.29, 0.717) is 12.4 Å². The van der Waals surface area contributed by atoms with E-state index in [4.69, 9.17) is 9.47 Å². The van der Waals surface area contributed by atoms with Crippen LogP contribution in [-0.2, 0) is 14.3 Å². The summed E-state index contributed by atoms with van der Waals surface area (Å²) in [5.74, 6) is -0.0644. The Kier molecular flexibility index (Phi) is 6.03. The van der Waals surface area contributed by atoms with Crippen LogP contribution in [0.2, 0.25) is 0 Å². The fourth-order valence-corrected chi connectivity index (χ4v) is 1.66. The molecule has 0 aromatic heterocycles. The Hall–Kier alpha value is -2.04. The van der Waals surface area contributed by atoms with Gasteiger partial charge >= 0.3 is 5.97 Å². The molecule has 1 atom stereocenters. The second kappa shape index (κ2) is 7.53. The summed E-state index contributed by atoms with van der Waals surface area (Å²) in [7, 11) is 1.55. The molecular formula is C15H21NO4.